The lowest BCUT2D eigenvalue weighted by Gasteiger charge is -2.16. The summed E-state index contributed by atoms with van der Waals surface area (Å²) in [6, 6.07) is 8.28. The minimum Gasteiger partial charge on any atom is -0.508 e. The lowest BCUT2D eigenvalue weighted by molar-refractivity contribution is -0.121. The summed E-state index contributed by atoms with van der Waals surface area (Å²) in [4.78, 5) is 25.2. The number of methoxy groups -OCH3 is 2. The average molecular weight is 409 g/mol. The van der Waals surface area contributed by atoms with E-state index in [4.69, 9.17) is 13.9 Å². The van der Waals surface area contributed by atoms with Crippen LogP contribution in [-0.4, -0.2) is 25.2 Å². The largest absolute Gasteiger partial charge is 0.508 e. The highest BCUT2D eigenvalue weighted by molar-refractivity contribution is 5.85. The van der Waals surface area contributed by atoms with Crippen LogP contribution in [0.4, 0.5) is 0 Å². The average Bonchev–Trinajstić information content (AvgIpc) is 3.11. The molecule has 0 radical (unpaired) electrons. The number of phenolic OH excluding ortho intramolecular Hbond substituents is 1. The van der Waals surface area contributed by atoms with Crippen molar-refractivity contribution < 1.29 is 23.8 Å². The van der Waals surface area contributed by atoms with Gasteiger partial charge in [-0.3, -0.25) is 4.79 Å². The summed E-state index contributed by atoms with van der Waals surface area (Å²) in [5.41, 5.74) is 2.83. The number of nitrogens with one attached hydrogen (secondary N) is 1. The number of hydrogen-bond donors (Lipinski definition) is 2. The second kappa shape index (κ2) is 7.74. The number of carbonyl (C=O) groups is 1. The van der Waals surface area contributed by atoms with Crippen LogP contribution in [0.25, 0.3) is 11.0 Å². The van der Waals surface area contributed by atoms with Gasteiger partial charge < -0.3 is 24.3 Å². The summed E-state index contributed by atoms with van der Waals surface area (Å²) in [6.45, 7) is 1.78. The van der Waals surface area contributed by atoms with Crippen molar-refractivity contribution in [2.75, 3.05) is 14.2 Å². The molecule has 0 fully saturated rings. The van der Waals surface area contributed by atoms with E-state index in [1.807, 2.05) is 12.1 Å². The van der Waals surface area contributed by atoms with Gasteiger partial charge in [0.05, 0.1) is 32.2 Å². The molecule has 0 aliphatic heterocycles. The summed E-state index contributed by atoms with van der Waals surface area (Å²) in [7, 11) is 3.17. The molecule has 2 N–H and O–H groups in total. The van der Waals surface area contributed by atoms with Crippen LogP contribution >= 0.6 is 0 Å². The van der Waals surface area contributed by atoms with Crippen LogP contribution in [0.3, 0.4) is 0 Å². The first-order valence-electron chi connectivity index (χ1n) is 9.70. The Kier molecular flexibility index (Phi) is 5.11. The molecule has 1 amide bonds. The lowest BCUT2D eigenvalue weighted by atomic mass is 10.0. The second-order valence-corrected chi connectivity index (χ2v) is 7.42. The predicted octanol–water partition coefficient (Wildman–Crippen LogP) is 3.17. The molecular formula is C23H23NO6. The third-order valence-corrected chi connectivity index (χ3v) is 5.67. The van der Waals surface area contributed by atoms with E-state index in [2.05, 4.69) is 5.32 Å². The molecule has 1 aliphatic rings. The van der Waals surface area contributed by atoms with Crippen LogP contribution in [-0.2, 0) is 17.6 Å². The van der Waals surface area contributed by atoms with Gasteiger partial charge in [0.2, 0.25) is 5.91 Å². The first kappa shape index (κ1) is 19.8. The quantitative estimate of drug-likeness (QED) is 0.628. The molecule has 0 saturated carbocycles. The normalized spacial score (nSPS) is 15.1. The smallest absolute Gasteiger partial charge is 0.340 e. The van der Waals surface area contributed by atoms with Crippen LogP contribution in [0.5, 0.6) is 17.2 Å². The minimum absolute atomic E-state index is 0.0162. The number of benzene rings is 2. The van der Waals surface area contributed by atoms with Gasteiger partial charge in [-0.05, 0) is 60.7 Å². The number of carbonyl (C=O) groups excluding carboxylic acids is 1. The van der Waals surface area contributed by atoms with Crippen LogP contribution in [0, 0.1) is 6.92 Å². The highest BCUT2D eigenvalue weighted by Crippen LogP contribution is 2.39. The lowest BCUT2D eigenvalue weighted by Crippen LogP contribution is -2.30. The van der Waals surface area contributed by atoms with Crippen LogP contribution in [0.2, 0.25) is 0 Å². The third-order valence-electron chi connectivity index (χ3n) is 5.67. The fourth-order valence-corrected chi connectivity index (χ4v) is 4.08. The fourth-order valence-electron chi connectivity index (χ4n) is 4.08. The summed E-state index contributed by atoms with van der Waals surface area (Å²) < 4.78 is 16.0. The van der Waals surface area contributed by atoms with E-state index in [1.54, 1.807) is 27.2 Å². The summed E-state index contributed by atoms with van der Waals surface area (Å²) in [6.07, 6.45) is 1.51. The van der Waals surface area contributed by atoms with Crippen molar-refractivity contribution in [3.05, 3.63) is 63.0 Å². The molecule has 4 rings (SSSR count). The highest BCUT2D eigenvalue weighted by Gasteiger charge is 2.27. The van der Waals surface area contributed by atoms with E-state index in [0.717, 1.165) is 24.0 Å². The molecule has 3 aromatic rings. The SMILES string of the molecule is COc1cc2c(cc1OC)[C@H](NC(=O)Cc1c(C)c3ccc(O)cc3oc1=O)CC2. The Labute approximate surface area is 173 Å². The zero-order chi connectivity index (χ0) is 21.4. The second-order valence-electron chi connectivity index (χ2n) is 7.42. The molecule has 1 aromatic heterocycles. The van der Waals surface area contributed by atoms with Gasteiger partial charge in [0.15, 0.2) is 11.5 Å². The van der Waals surface area contributed by atoms with E-state index in [0.29, 0.717) is 33.6 Å². The molecule has 7 nitrogen and oxygen atoms in total. The van der Waals surface area contributed by atoms with Gasteiger partial charge >= 0.3 is 5.63 Å². The number of aromatic hydroxyl groups is 1. The molecule has 0 bridgehead atoms. The Morgan fingerprint density at radius 2 is 1.93 bits per heavy atom. The number of rotatable bonds is 5. The molecule has 1 aliphatic carbocycles. The number of phenols is 1. The van der Waals surface area contributed by atoms with Crippen molar-refractivity contribution in [2.45, 2.75) is 32.2 Å². The van der Waals surface area contributed by atoms with Crippen LogP contribution in [0.1, 0.15) is 34.7 Å². The van der Waals surface area contributed by atoms with Gasteiger partial charge in [0.25, 0.3) is 0 Å². The first-order chi connectivity index (χ1) is 14.4. The summed E-state index contributed by atoms with van der Waals surface area (Å²) >= 11 is 0. The number of fused-ring (bicyclic) bond motifs is 2. The number of hydrogen-bond acceptors (Lipinski definition) is 6. The van der Waals surface area contributed by atoms with Gasteiger partial charge in [-0.2, -0.15) is 0 Å². The van der Waals surface area contributed by atoms with Crippen molar-refractivity contribution in [1.29, 1.82) is 0 Å². The Morgan fingerprint density at radius 3 is 2.67 bits per heavy atom. The predicted molar refractivity (Wildman–Crippen MR) is 111 cm³/mol. The Balaban J connectivity index is 1.57. The maximum Gasteiger partial charge on any atom is 0.340 e. The van der Waals surface area contributed by atoms with E-state index in [-0.39, 0.29) is 24.1 Å². The first-order valence-corrected chi connectivity index (χ1v) is 9.70. The van der Waals surface area contributed by atoms with Crippen LogP contribution in [0.15, 0.2) is 39.5 Å². The van der Waals surface area contributed by atoms with Crippen molar-refractivity contribution in [1.82, 2.24) is 5.32 Å². The van der Waals surface area contributed by atoms with Crippen molar-refractivity contribution in [2.24, 2.45) is 0 Å². The molecule has 0 spiro atoms. The highest BCUT2D eigenvalue weighted by atomic mass is 16.5. The third kappa shape index (κ3) is 3.47. The van der Waals surface area contributed by atoms with Gasteiger partial charge in [0.1, 0.15) is 11.3 Å². The van der Waals surface area contributed by atoms with Crippen molar-refractivity contribution in [3.8, 4) is 17.2 Å². The van der Waals surface area contributed by atoms with Crippen molar-refractivity contribution >= 4 is 16.9 Å². The molecule has 156 valence electrons. The van der Waals surface area contributed by atoms with E-state index in [9.17, 15) is 14.7 Å². The van der Waals surface area contributed by atoms with Crippen molar-refractivity contribution in [3.63, 3.8) is 0 Å². The zero-order valence-corrected chi connectivity index (χ0v) is 17.1. The van der Waals surface area contributed by atoms with E-state index < -0.39 is 5.63 Å². The monoisotopic (exact) mass is 409 g/mol. The Morgan fingerprint density at radius 1 is 1.20 bits per heavy atom. The molecule has 2 aromatic carbocycles. The number of amides is 1. The molecular weight excluding hydrogens is 386 g/mol. The number of aryl methyl sites for hydroxylation is 2. The molecule has 7 heteroatoms. The van der Waals surface area contributed by atoms with E-state index in [1.165, 1.54) is 12.1 Å². The van der Waals surface area contributed by atoms with Gasteiger partial charge in [-0.25, -0.2) is 4.79 Å². The summed E-state index contributed by atoms with van der Waals surface area (Å²) in [5, 5.41) is 13.3. The topological polar surface area (TPSA) is 98.0 Å². The molecule has 30 heavy (non-hydrogen) atoms. The number of ether oxygens (including phenoxy) is 2. The molecule has 0 unspecified atom stereocenters. The van der Waals surface area contributed by atoms with Crippen LogP contribution < -0.4 is 20.4 Å². The maximum atomic E-state index is 12.8. The molecule has 0 saturated heterocycles. The molecule has 1 atom stereocenters. The van der Waals surface area contributed by atoms with E-state index >= 15 is 0 Å². The fraction of sp³-hybridized carbons (Fsp3) is 0.304. The van der Waals surface area contributed by atoms with Gasteiger partial charge in [-0.1, -0.05) is 0 Å². The zero-order valence-electron chi connectivity index (χ0n) is 17.1. The maximum absolute atomic E-state index is 12.8. The summed E-state index contributed by atoms with van der Waals surface area (Å²) in [5.74, 6) is 1.05. The molecule has 1 heterocycles. The van der Waals surface area contributed by atoms with Gasteiger partial charge in [0, 0.05) is 11.5 Å². The Bertz CT molecular complexity index is 1200. The van der Waals surface area contributed by atoms with Gasteiger partial charge in [-0.15, -0.1) is 0 Å². The minimum atomic E-state index is -0.570. The standard InChI is InChI=1S/C23H23NO6/c1-12-15-6-5-14(25)9-19(15)30-23(27)16(12)11-22(26)24-18-7-4-13-8-20(28-2)21(29-3)10-17(13)18/h5-6,8-10,18,25H,4,7,11H2,1-3H3,(H,24,26)/t18-/m1/s1. The Hall–Kier alpha value is -3.48.